The number of aromatic nitrogens is 1. The minimum Gasteiger partial charge on any atom is -0.448 e. The summed E-state index contributed by atoms with van der Waals surface area (Å²) in [6.45, 7) is 1.32. The first-order chi connectivity index (χ1) is 11.7. The number of nitrogens with zero attached hydrogens (tertiary/aromatic N) is 1. The van der Waals surface area contributed by atoms with Crippen LogP contribution in [0.3, 0.4) is 0 Å². The van der Waals surface area contributed by atoms with Gasteiger partial charge in [-0.25, -0.2) is 9.78 Å². The van der Waals surface area contributed by atoms with E-state index in [-0.39, 0.29) is 16.4 Å². The second-order valence-electron chi connectivity index (χ2n) is 4.97. The molecule has 2 rings (SSSR count). The largest absolute Gasteiger partial charge is 0.448 e. The summed E-state index contributed by atoms with van der Waals surface area (Å²) in [5, 5.41) is 2.64. The van der Waals surface area contributed by atoms with Crippen LogP contribution in [0, 0.1) is 0 Å². The van der Waals surface area contributed by atoms with Gasteiger partial charge in [-0.2, -0.15) is 13.2 Å². The van der Waals surface area contributed by atoms with Gasteiger partial charge in [0.25, 0.3) is 5.91 Å². The van der Waals surface area contributed by atoms with E-state index < -0.39 is 29.7 Å². The number of alkyl halides is 3. The van der Waals surface area contributed by atoms with Crippen molar-refractivity contribution >= 4 is 29.2 Å². The minimum atomic E-state index is -4.46. The molecule has 5 nitrogen and oxygen atoms in total. The number of ether oxygens (including phenoxy) is 1. The lowest BCUT2D eigenvalue weighted by Crippen LogP contribution is -2.30. The number of halogens is 4. The summed E-state index contributed by atoms with van der Waals surface area (Å²) in [4.78, 5) is 27.6. The zero-order valence-corrected chi connectivity index (χ0v) is 13.6. The van der Waals surface area contributed by atoms with Crippen molar-refractivity contribution < 1.29 is 27.5 Å². The fourth-order valence-corrected chi connectivity index (χ4v) is 1.94. The van der Waals surface area contributed by atoms with Crippen LogP contribution in [-0.4, -0.2) is 23.0 Å². The lowest BCUT2D eigenvalue weighted by atomic mass is 10.2. The maximum atomic E-state index is 12.5. The van der Waals surface area contributed by atoms with E-state index in [0.29, 0.717) is 0 Å². The molecule has 1 atom stereocenters. The van der Waals surface area contributed by atoms with Crippen LogP contribution in [0.1, 0.15) is 23.0 Å². The molecule has 25 heavy (non-hydrogen) atoms. The molecule has 0 radical (unpaired) electrons. The Morgan fingerprint density at radius 2 is 1.84 bits per heavy atom. The van der Waals surface area contributed by atoms with Gasteiger partial charge in [-0.05, 0) is 43.3 Å². The third kappa shape index (κ3) is 5.18. The van der Waals surface area contributed by atoms with Gasteiger partial charge in [0.2, 0.25) is 0 Å². The van der Waals surface area contributed by atoms with E-state index in [4.69, 9.17) is 16.3 Å². The van der Waals surface area contributed by atoms with Crippen LogP contribution in [0.4, 0.5) is 18.9 Å². The van der Waals surface area contributed by atoms with E-state index in [1.807, 2.05) is 0 Å². The Hall–Kier alpha value is -2.61. The molecular formula is C16H12ClF3N2O3. The summed E-state index contributed by atoms with van der Waals surface area (Å²) in [6, 6.07) is 6.63. The normalized spacial score (nSPS) is 12.4. The van der Waals surface area contributed by atoms with Crippen molar-refractivity contribution in [3.8, 4) is 0 Å². The number of carbonyl (C=O) groups excluding carboxylic acids is 2. The number of pyridine rings is 1. The predicted molar refractivity (Wildman–Crippen MR) is 84.2 cm³/mol. The minimum absolute atomic E-state index is 0.0679. The Morgan fingerprint density at radius 1 is 1.20 bits per heavy atom. The first kappa shape index (κ1) is 18.7. The predicted octanol–water partition coefficient (Wildman–Crippen LogP) is 3.94. The molecule has 0 saturated carbocycles. The van der Waals surface area contributed by atoms with E-state index >= 15 is 0 Å². The van der Waals surface area contributed by atoms with Gasteiger partial charge in [-0.1, -0.05) is 11.6 Å². The van der Waals surface area contributed by atoms with Crippen LogP contribution < -0.4 is 5.32 Å². The Balaban J connectivity index is 1.97. The van der Waals surface area contributed by atoms with Crippen molar-refractivity contribution in [2.24, 2.45) is 0 Å². The fraction of sp³-hybridized carbons (Fsp3) is 0.188. The third-order valence-corrected chi connectivity index (χ3v) is 3.30. The average molecular weight is 373 g/mol. The van der Waals surface area contributed by atoms with E-state index in [1.54, 1.807) is 0 Å². The van der Waals surface area contributed by atoms with Gasteiger partial charge in [0, 0.05) is 16.9 Å². The zero-order valence-electron chi connectivity index (χ0n) is 12.8. The molecule has 0 saturated heterocycles. The van der Waals surface area contributed by atoms with Gasteiger partial charge in [0.15, 0.2) is 6.10 Å². The topological polar surface area (TPSA) is 68.3 Å². The van der Waals surface area contributed by atoms with Crippen molar-refractivity contribution in [3.63, 3.8) is 0 Å². The molecule has 0 aliphatic carbocycles. The number of anilines is 1. The molecule has 2 aromatic rings. The van der Waals surface area contributed by atoms with Gasteiger partial charge in [-0.3, -0.25) is 4.79 Å². The summed E-state index contributed by atoms with van der Waals surface area (Å²) >= 11 is 5.73. The molecule has 1 amide bonds. The standard InChI is InChI=1S/C16H12ClF3N2O3/c1-9(25-15(24)13-8-11(17)6-7-21-13)14(23)22-12-4-2-10(3-5-12)16(18,19)20/h2-9H,1H3,(H,22,23)/t9-/m1/s1. The maximum Gasteiger partial charge on any atom is 0.416 e. The van der Waals surface area contributed by atoms with Crippen molar-refractivity contribution in [2.75, 3.05) is 5.32 Å². The second-order valence-corrected chi connectivity index (χ2v) is 5.41. The van der Waals surface area contributed by atoms with Crippen molar-refractivity contribution in [1.29, 1.82) is 0 Å². The van der Waals surface area contributed by atoms with Crippen molar-refractivity contribution in [1.82, 2.24) is 4.98 Å². The Morgan fingerprint density at radius 3 is 2.40 bits per heavy atom. The molecule has 1 N–H and O–H groups in total. The molecule has 0 unspecified atom stereocenters. The average Bonchev–Trinajstić information content (AvgIpc) is 2.54. The third-order valence-electron chi connectivity index (χ3n) is 3.06. The summed E-state index contributed by atoms with van der Waals surface area (Å²) in [6.07, 6.45) is -4.34. The van der Waals surface area contributed by atoms with E-state index in [2.05, 4.69) is 10.3 Å². The molecule has 0 aliphatic rings. The smallest absolute Gasteiger partial charge is 0.416 e. The lowest BCUT2D eigenvalue weighted by Gasteiger charge is -2.14. The van der Waals surface area contributed by atoms with Crippen LogP contribution >= 0.6 is 11.6 Å². The number of rotatable bonds is 4. The highest BCUT2D eigenvalue weighted by atomic mass is 35.5. The molecule has 0 aliphatic heterocycles. The molecule has 0 fully saturated rings. The maximum absolute atomic E-state index is 12.5. The first-order valence-corrected chi connectivity index (χ1v) is 7.35. The highest BCUT2D eigenvalue weighted by Crippen LogP contribution is 2.29. The molecule has 132 valence electrons. The highest BCUT2D eigenvalue weighted by molar-refractivity contribution is 6.30. The molecule has 0 bridgehead atoms. The van der Waals surface area contributed by atoms with Gasteiger partial charge in [-0.15, -0.1) is 0 Å². The molecule has 1 heterocycles. The molecule has 1 aromatic heterocycles. The number of benzene rings is 1. The Kier molecular flexibility index (Phi) is 5.63. The SMILES string of the molecule is C[C@@H](OC(=O)c1cc(Cl)ccn1)C(=O)Nc1ccc(C(F)(F)F)cc1. The van der Waals surface area contributed by atoms with Gasteiger partial charge >= 0.3 is 12.1 Å². The van der Waals surface area contributed by atoms with E-state index in [9.17, 15) is 22.8 Å². The number of nitrogens with one attached hydrogen (secondary N) is 1. The second kappa shape index (κ2) is 7.52. The molecule has 1 aromatic carbocycles. The van der Waals surface area contributed by atoms with Gasteiger partial charge < -0.3 is 10.1 Å². The zero-order chi connectivity index (χ0) is 18.6. The molecular weight excluding hydrogens is 361 g/mol. The van der Waals surface area contributed by atoms with E-state index in [0.717, 1.165) is 24.3 Å². The summed E-state index contributed by atoms with van der Waals surface area (Å²) in [5.41, 5.74) is -0.763. The molecule has 0 spiro atoms. The first-order valence-electron chi connectivity index (χ1n) is 6.97. The summed E-state index contributed by atoms with van der Waals surface area (Å²) in [7, 11) is 0. The van der Waals surface area contributed by atoms with Crippen molar-refractivity contribution in [2.45, 2.75) is 19.2 Å². The van der Waals surface area contributed by atoms with Crippen LogP contribution in [0.25, 0.3) is 0 Å². The van der Waals surface area contributed by atoms with Crippen LogP contribution in [0.2, 0.25) is 5.02 Å². The number of esters is 1. The fourth-order valence-electron chi connectivity index (χ4n) is 1.78. The number of carbonyl (C=O) groups is 2. The Labute approximate surface area is 145 Å². The lowest BCUT2D eigenvalue weighted by molar-refractivity contribution is -0.137. The number of hydrogen-bond donors (Lipinski definition) is 1. The van der Waals surface area contributed by atoms with Crippen LogP contribution in [-0.2, 0) is 15.7 Å². The van der Waals surface area contributed by atoms with Gasteiger partial charge in [0.05, 0.1) is 5.56 Å². The highest BCUT2D eigenvalue weighted by Gasteiger charge is 2.30. The van der Waals surface area contributed by atoms with Crippen LogP contribution in [0.15, 0.2) is 42.6 Å². The van der Waals surface area contributed by atoms with Gasteiger partial charge in [0.1, 0.15) is 5.69 Å². The summed E-state index contributed by atoms with van der Waals surface area (Å²) in [5.74, 6) is -1.55. The van der Waals surface area contributed by atoms with Crippen molar-refractivity contribution in [3.05, 3.63) is 58.9 Å². The van der Waals surface area contributed by atoms with E-state index in [1.165, 1.54) is 25.3 Å². The number of amides is 1. The number of hydrogen-bond acceptors (Lipinski definition) is 4. The molecule has 9 heteroatoms. The monoisotopic (exact) mass is 372 g/mol. The summed E-state index contributed by atoms with van der Waals surface area (Å²) < 4.78 is 42.4. The Bertz CT molecular complexity index is 779. The van der Waals surface area contributed by atoms with Crippen LogP contribution in [0.5, 0.6) is 0 Å². The quantitative estimate of drug-likeness (QED) is 0.825.